The lowest BCUT2D eigenvalue weighted by Crippen LogP contribution is -2.35. The third kappa shape index (κ3) is 3.36. The van der Waals surface area contributed by atoms with Crippen LogP contribution >= 0.6 is 0 Å². The summed E-state index contributed by atoms with van der Waals surface area (Å²) in [5, 5.41) is -0.0294. The van der Waals surface area contributed by atoms with Crippen LogP contribution in [0, 0.1) is 0 Å². The minimum atomic E-state index is -3.58. The van der Waals surface area contributed by atoms with Gasteiger partial charge in [0.25, 0.3) is 10.0 Å². The van der Waals surface area contributed by atoms with Gasteiger partial charge in [0, 0.05) is 13.1 Å². The predicted octanol–water partition coefficient (Wildman–Crippen LogP) is 1.18. The van der Waals surface area contributed by atoms with E-state index in [1.165, 1.54) is 0 Å². The molecule has 0 aliphatic heterocycles. The number of H-pyrrole nitrogens is 1. The second-order valence-corrected chi connectivity index (χ2v) is 6.17. The normalized spacial score (nSPS) is 12.3. The smallest absolute Gasteiger partial charge is 0.274 e. The molecule has 0 spiro atoms. The molecular formula is C13H20N4O2S. The van der Waals surface area contributed by atoms with Gasteiger partial charge in [0.15, 0.2) is 0 Å². The summed E-state index contributed by atoms with van der Waals surface area (Å²) in [6, 6.07) is 7.25. The van der Waals surface area contributed by atoms with E-state index in [1.807, 2.05) is 12.1 Å². The van der Waals surface area contributed by atoms with Gasteiger partial charge in [-0.3, -0.25) is 0 Å². The molecule has 0 aliphatic rings. The SMILES string of the molecule is CCN(CC)CCNS(=O)(=O)c1nc2ccccc2[nH]1. The van der Waals surface area contributed by atoms with E-state index >= 15 is 0 Å². The number of aromatic amines is 1. The third-order valence-electron chi connectivity index (χ3n) is 3.24. The third-order valence-corrected chi connectivity index (χ3v) is 4.52. The van der Waals surface area contributed by atoms with Crippen LogP contribution in [0.1, 0.15) is 13.8 Å². The van der Waals surface area contributed by atoms with Crippen LogP contribution in [0.3, 0.4) is 0 Å². The van der Waals surface area contributed by atoms with Gasteiger partial charge in [-0.05, 0) is 25.2 Å². The fourth-order valence-corrected chi connectivity index (χ4v) is 2.96. The number of para-hydroxylation sites is 2. The van der Waals surface area contributed by atoms with E-state index in [2.05, 4.69) is 33.4 Å². The predicted molar refractivity (Wildman–Crippen MR) is 79.1 cm³/mol. The number of aromatic nitrogens is 2. The number of hydrogen-bond donors (Lipinski definition) is 2. The summed E-state index contributed by atoms with van der Waals surface area (Å²) in [6.07, 6.45) is 0. The topological polar surface area (TPSA) is 78.1 Å². The highest BCUT2D eigenvalue weighted by Gasteiger charge is 2.18. The quantitative estimate of drug-likeness (QED) is 0.804. The Labute approximate surface area is 119 Å². The molecule has 0 bridgehead atoms. The fraction of sp³-hybridized carbons (Fsp3) is 0.462. The number of sulfonamides is 1. The van der Waals surface area contributed by atoms with E-state index in [0.29, 0.717) is 18.6 Å². The van der Waals surface area contributed by atoms with E-state index in [1.54, 1.807) is 12.1 Å². The number of hydrogen-bond acceptors (Lipinski definition) is 4. The van der Waals surface area contributed by atoms with Crippen molar-refractivity contribution in [1.29, 1.82) is 0 Å². The summed E-state index contributed by atoms with van der Waals surface area (Å²) in [4.78, 5) is 9.08. The Morgan fingerprint density at radius 2 is 1.95 bits per heavy atom. The minimum Gasteiger partial charge on any atom is -0.328 e. The molecule has 0 saturated carbocycles. The maximum atomic E-state index is 12.1. The summed E-state index contributed by atoms with van der Waals surface area (Å²) in [5.41, 5.74) is 1.37. The molecule has 1 aromatic heterocycles. The van der Waals surface area contributed by atoms with Crippen molar-refractivity contribution in [3.8, 4) is 0 Å². The lowest BCUT2D eigenvalue weighted by molar-refractivity contribution is 0.309. The van der Waals surface area contributed by atoms with Crippen molar-refractivity contribution in [3.63, 3.8) is 0 Å². The molecule has 0 fully saturated rings. The van der Waals surface area contributed by atoms with E-state index in [0.717, 1.165) is 18.6 Å². The molecule has 2 aromatic rings. The first-order valence-electron chi connectivity index (χ1n) is 6.73. The van der Waals surface area contributed by atoms with Crippen molar-refractivity contribution in [2.24, 2.45) is 0 Å². The van der Waals surface area contributed by atoms with Gasteiger partial charge in [-0.2, -0.15) is 0 Å². The molecule has 110 valence electrons. The monoisotopic (exact) mass is 296 g/mol. The summed E-state index contributed by atoms with van der Waals surface area (Å²) >= 11 is 0. The van der Waals surface area contributed by atoms with E-state index in [4.69, 9.17) is 0 Å². The Balaban J connectivity index is 2.06. The van der Waals surface area contributed by atoms with Gasteiger partial charge >= 0.3 is 0 Å². The van der Waals surface area contributed by atoms with Gasteiger partial charge in [0.2, 0.25) is 5.16 Å². The molecule has 1 aromatic carbocycles. The van der Waals surface area contributed by atoms with Crippen LogP contribution in [0.4, 0.5) is 0 Å². The van der Waals surface area contributed by atoms with Crippen LogP contribution in [0.2, 0.25) is 0 Å². The number of benzene rings is 1. The maximum absolute atomic E-state index is 12.1. The average molecular weight is 296 g/mol. The largest absolute Gasteiger partial charge is 0.328 e. The zero-order chi connectivity index (χ0) is 14.6. The van der Waals surface area contributed by atoms with Crippen LogP contribution < -0.4 is 4.72 Å². The number of imidazole rings is 1. The van der Waals surface area contributed by atoms with Gasteiger partial charge < -0.3 is 9.88 Å². The Bertz CT molecular complexity index is 629. The molecule has 0 atom stereocenters. The number of fused-ring (bicyclic) bond motifs is 1. The molecule has 0 radical (unpaired) electrons. The van der Waals surface area contributed by atoms with Crippen molar-refractivity contribution in [3.05, 3.63) is 24.3 Å². The van der Waals surface area contributed by atoms with Crippen LogP contribution in [-0.4, -0.2) is 49.5 Å². The maximum Gasteiger partial charge on any atom is 0.274 e. The first-order valence-corrected chi connectivity index (χ1v) is 8.22. The zero-order valence-electron chi connectivity index (χ0n) is 11.8. The van der Waals surface area contributed by atoms with E-state index in [9.17, 15) is 8.42 Å². The standard InChI is InChI=1S/C13H20N4O2S/c1-3-17(4-2)10-9-14-20(18,19)13-15-11-7-5-6-8-12(11)16-13/h5-8,14H,3-4,9-10H2,1-2H3,(H,15,16). The van der Waals surface area contributed by atoms with Crippen molar-refractivity contribution < 1.29 is 8.42 Å². The molecule has 7 heteroatoms. The van der Waals surface area contributed by atoms with Crippen molar-refractivity contribution in [2.75, 3.05) is 26.2 Å². The molecular weight excluding hydrogens is 276 g/mol. The Morgan fingerprint density at radius 3 is 2.60 bits per heavy atom. The molecule has 2 N–H and O–H groups in total. The van der Waals surface area contributed by atoms with Crippen molar-refractivity contribution in [1.82, 2.24) is 19.6 Å². The molecule has 0 unspecified atom stereocenters. The van der Waals surface area contributed by atoms with Gasteiger partial charge in [0.1, 0.15) is 0 Å². The average Bonchev–Trinajstić information content (AvgIpc) is 2.88. The molecule has 1 heterocycles. The highest BCUT2D eigenvalue weighted by molar-refractivity contribution is 7.89. The first kappa shape index (κ1) is 15.0. The highest BCUT2D eigenvalue weighted by atomic mass is 32.2. The Morgan fingerprint density at radius 1 is 1.25 bits per heavy atom. The molecule has 0 aliphatic carbocycles. The lowest BCUT2D eigenvalue weighted by atomic mass is 10.3. The summed E-state index contributed by atoms with van der Waals surface area (Å²) in [7, 11) is -3.58. The van der Waals surface area contributed by atoms with Crippen molar-refractivity contribution >= 4 is 21.1 Å². The van der Waals surface area contributed by atoms with Crippen LogP contribution in [0.25, 0.3) is 11.0 Å². The Hall–Kier alpha value is -1.44. The highest BCUT2D eigenvalue weighted by Crippen LogP contribution is 2.13. The van der Waals surface area contributed by atoms with Gasteiger partial charge in [-0.25, -0.2) is 18.1 Å². The van der Waals surface area contributed by atoms with E-state index in [-0.39, 0.29) is 5.16 Å². The number of rotatable bonds is 7. The van der Waals surface area contributed by atoms with Crippen LogP contribution in [0.15, 0.2) is 29.4 Å². The number of likely N-dealkylation sites (N-methyl/N-ethyl adjacent to an activating group) is 1. The van der Waals surface area contributed by atoms with E-state index < -0.39 is 10.0 Å². The summed E-state index contributed by atoms with van der Waals surface area (Å²) in [5.74, 6) is 0. The van der Waals surface area contributed by atoms with Crippen LogP contribution in [-0.2, 0) is 10.0 Å². The fourth-order valence-electron chi connectivity index (χ4n) is 2.00. The molecule has 0 saturated heterocycles. The minimum absolute atomic E-state index is 0.0294. The molecule has 20 heavy (non-hydrogen) atoms. The number of nitrogens with one attached hydrogen (secondary N) is 2. The molecule has 0 amide bonds. The second-order valence-electron chi connectivity index (χ2n) is 4.48. The molecule has 2 rings (SSSR count). The summed E-state index contributed by atoms with van der Waals surface area (Å²) < 4.78 is 26.8. The zero-order valence-corrected chi connectivity index (χ0v) is 12.6. The molecule has 6 nitrogen and oxygen atoms in total. The van der Waals surface area contributed by atoms with Gasteiger partial charge in [0.05, 0.1) is 11.0 Å². The van der Waals surface area contributed by atoms with Crippen LogP contribution in [0.5, 0.6) is 0 Å². The lowest BCUT2D eigenvalue weighted by Gasteiger charge is -2.17. The number of nitrogens with zero attached hydrogens (tertiary/aromatic N) is 2. The summed E-state index contributed by atoms with van der Waals surface area (Å²) in [6.45, 7) is 6.98. The van der Waals surface area contributed by atoms with Gasteiger partial charge in [-0.1, -0.05) is 26.0 Å². The van der Waals surface area contributed by atoms with Gasteiger partial charge in [-0.15, -0.1) is 0 Å². The first-order chi connectivity index (χ1) is 9.56. The Kier molecular flexibility index (Phi) is 4.74. The van der Waals surface area contributed by atoms with Crippen molar-refractivity contribution in [2.45, 2.75) is 19.0 Å². The second kappa shape index (κ2) is 6.34.